The van der Waals surface area contributed by atoms with Gasteiger partial charge in [-0.1, -0.05) is 0 Å². The van der Waals surface area contributed by atoms with E-state index in [1.165, 1.54) is 0 Å². The highest BCUT2D eigenvalue weighted by atomic mass is 16.5. The number of ether oxygens (including phenoxy) is 1. The lowest BCUT2D eigenvalue weighted by Gasteiger charge is -2.25. The fraction of sp³-hybridized carbons (Fsp3) is 0.615. The molecule has 2 aromatic rings. The molecule has 0 amide bonds. The molecule has 3 heterocycles. The van der Waals surface area contributed by atoms with E-state index in [4.69, 9.17) is 4.74 Å². The van der Waals surface area contributed by atoms with Crippen LogP contribution in [0.3, 0.4) is 0 Å². The van der Waals surface area contributed by atoms with Crippen molar-refractivity contribution in [2.45, 2.75) is 25.9 Å². The Morgan fingerprint density at radius 3 is 3.10 bits per heavy atom. The molecular formula is C13H20N6O. The Morgan fingerprint density at radius 1 is 1.50 bits per heavy atom. The molecule has 20 heavy (non-hydrogen) atoms. The molecule has 7 heteroatoms. The molecule has 0 spiro atoms. The number of rotatable bonds is 5. The van der Waals surface area contributed by atoms with Crippen molar-refractivity contribution in [3.63, 3.8) is 0 Å². The predicted octanol–water partition coefficient (Wildman–Crippen LogP) is 1.40. The molecule has 0 bridgehead atoms. The van der Waals surface area contributed by atoms with Crippen LogP contribution in [-0.4, -0.2) is 52.8 Å². The maximum atomic E-state index is 5.73. The van der Waals surface area contributed by atoms with E-state index in [0.29, 0.717) is 17.7 Å². The average molecular weight is 276 g/mol. The molecular weight excluding hydrogens is 256 g/mol. The van der Waals surface area contributed by atoms with Crippen LogP contribution in [0.5, 0.6) is 0 Å². The number of H-pyrrole nitrogens is 1. The van der Waals surface area contributed by atoms with Gasteiger partial charge in [0.25, 0.3) is 0 Å². The van der Waals surface area contributed by atoms with E-state index in [-0.39, 0.29) is 0 Å². The van der Waals surface area contributed by atoms with Gasteiger partial charge in [0, 0.05) is 26.7 Å². The van der Waals surface area contributed by atoms with Gasteiger partial charge in [0.15, 0.2) is 11.5 Å². The molecule has 1 atom stereocenters. The molecule has 0 radical (unpaired) electrons. The molecule has 1 saturated heterocycles. The lowest BCUT2D eigenvalue weighted by atomic mass is 10.2. The zero-order valence-electron chi connectivity index (χ0n) is 11.9. The first kappa shape index (κ1) is 13.1. The fourth-order valence-electron chi connectivity index (χ4n) is 2.56. The van der Waals surface area contributed by atoms with Gasteiger partial charge < -0.3 is 19.9 Å². The molecule has 3 rings (SSSR count). The first-order valence-corrected chi connectivity index (χ1v) is 7.07. The summed E-state index contributed by atoms with van der Waals surface area (Å²) in [7, 11) is 1.81. The summed E-state index contributed by atoms with van der Waals surface area (Å²) in [6.07, 6.45) is 4.21. The highest BCUT2D eigenvalue weighted by Crippen LogP contribution is 2.24. The summed E-state index contributed by atoms with van der Waals surface area (Å²) in [5, 5.41) is 2.99. The second-order valence-corrected chi connectivity index (χ2v) is 4.90. The van der Waals surface area contributed by atoms with Crippen molar-refractivity contribution in [3.8, 4) is 0 Å². The number of anilines is 2. The summed E-state index contributed by atoms with van der Waals surface area (Å²) in [6.45, 7) is 4.71. The predicted molar refractivity (Wildman–Crippen MR) is 78.1 cm³/mol. The standard InChI is InChI=1S/C13H20N6O/c1-3-19(7-9-5-4-6-20-9)12-10-11(16-8-15-10)17-13(14-2)18-12/h8-9H,3-7H2,1-2H3,(H2,14,15,16,17,18). The molecule has 1 aliphatic heterocycles. The van der Waals surface area contributed by atoms with Gasteiger partial charge in [-0.05, 0) is 19.8 Å². The van der Waals surface area contributed by atoms with Gasteiger partial charge in [0.2, 0.25) is 5.95 Å². The van der Waals surface area contributed by atoms with Crippen LogP contribution >= 0.6 is 0 Å². The zero-order chi connectivity index (χ0) is 13.9. The Morgan fingerprint density at radius 2 is 2.40 bits per heavy atom. The Labute approximate surface area is 117 Å². The van der Waals surface area contributed by atoms with E-state index in [1.807, 2.05) is 7.05 Å². The Balaban J connectivity index is 1.94. The zero-order valence-corrected chi connectivity index (χ0v) is 11.9. The number of fused-ring (bicyclic) bond motifs is 1. The fourth-order valence-corrected chi connectivity index (χ4v) is 2.56. The number of nitrogens with zero attached hydrogens (tertiary/aromatic N) is 4. The molecule has 0 aliphatic carbocycles. The molecule has 7 nitrogen and oxygen atoms in total. The Kier molecular flexibility index (Phi) is 3.68. The van der Waals surface area contributed by atoms with Gasteiger partial charge in [-0.3, -0.25) is 0 Å². The first-order chi connectivity index (χ1) is 9.81. The van der Waals surface area contributed by atoms with Crippen LogP contribution < -0.4 is 10.2 Å². The minimum atomic E-state index is 0.293. The monoisotopic (exact) mass is 276 g/mol. The summed E-state index contributed by atoms with van der Waals surface area (Å²) < 4.78 is 5.73. The van der Waals surface area contributed by atoms with Crippen LogP contribution in [-0.2, 0) is 4.74 Å². The summed E-state index contributed by atoms with van der Waals surface area (Å²) in [5.41, 5.74) is 1.56. The average Bonchev–Trinajstić information content (AvgIpc) is 3.14. The number of likely N-dealkylation sites (N-methyl/N-ethyl adjacent to an activating group) is 1. The number of imidazole rings is 1. The third kappa shape index (κ3) is 2.40. The third-order valence-corrected chi connectivity index (χ3v) is 3.62. The van der Waals surface area contributed by atoms with Crippen molar-refractivity contribution in [3.05, 3.63) is 6.33 Å². The summed E-state index contributed by atoms with van der Waals surface area (Å²) in [6, 6.07) is 0. The van der Waals surface area contributed by atoms with Gasteiger partial charge in [0.1, 0.15) is 5.52 Å². The van der Waals surface area contributed by atoms with E-state index in [0.717, 1.165) is 43.9 Å². The second kappa shape index (κ2) is 5.62. The number of hydrogen-bond acceptors (Lipinski definition) is 6. The molecule has 2 N–H and O–H groups in total. The van der Waals surface area contributed by atoms with Gasteiger partial charge in [-0.15, -0.1) is 0 Å². The molecule has 0 saturated carbocycles. The Hall–Kier alpha value is -1.89. The Bertz CT molecular complexity index is 577. The van der Waals surface area contributed by atoms with E-state index in [1.54, 1.807) is 6.33 Å². The van der Waals surface area contributed by atoms with Gasteiger partial charge in [-0.25, -0.2) is 4.98 Å². The van der Waals surface area contributed by atoms with E-state index in [9.17, 15) is 0 Å². The number of hydrogen-bond donors (Lipinski definition) is 2. The smallest absolute Gasteiger partial charge is 0.226 e. The van der Waals surface area contributed by atoms with Crippen molar-refractivity contribution in [2.24, 2.45) is 0 Å². The lowest BCUT2D eigenvalue weighted by Crippen LogP contribution is -2.33. The van der Waals surface area contributed by atoms with E-state index < -0.39 is 0 Å². The van der Waals surface area contributed by atoms with Crippen LogP contribution in [0.1, 0.15) is 19.8 Å². The summed E-state index contributed by atoms with van der Waals surface area (Å²) in [5.74, 6) is 1.47. The second-order valence-electron chi connectivity index (χ2n) is 4.90. The van der Waals surface area contributed by atoms with Crippen LogP contribution in [0, 0.1) is 0 Å². The first-order valence-electron chi connectivity index (χ1n) is 7.07. The van der Waals surface area contributed by atoms with Crippen LogP contribution in [0.4, 0.5) is 11.8 Å². The molecule has 1 aliphatic rings. The lowest BCUT2D eigenvalue weighted by molar-refractivity contribution is 0.115. The van der Waals surface area contributed by atoms with Crippen LogP contribution in [0.25, 0.3) is 11.2 Å². The minimum absolute atomic E-state index is 0.293. The van der Waals surface area contributed by atoms with Crippen LogP contribution in [0.15, 0.2) is 6.33 Å². The van der Waals surface area contributed by atoms with Crippen molar-refractivity contribution in [1.82, 2.24) is 19.9 Å². The topological polar surface area (TPSA) is 79.0 Å². The summed E-state index contributed by atoms with van der Waals surface area (Å²) in [4.78, 5) is 18.5. The molecule has 108 valence electrons. The normalized spacial score (nSPS) is 18.6. The van der Waals surface area contributed by atoms with Crippen molar-refractivity contribution < 1.29 is 4.74 Å². The molecule has 1 unspecified atom stereocenters. The van der Waals surface area contributed by atoms with E-state index >= 15 is 0 Å². The minimum Gasteiger partial charge on any atom is -0.376 e. The number of aromatic amines is 1. The highest BCUT2D eigenvalue weighted by molar-refractivity contribution is 5.84. The molecule has 0 aromatic carbocycles. The van der Waals surface area contributed by atoms with Crippen molar-refractivity contribution >= 4 is 22.9 Å². The maximum Gasteiger partial charge on any atom is 0.226 e. The van der Waals surface area contributed by atoms with Crippen LogP contribution in [0.2, 0.25) is 0 Å². The van der Waals surface area contributed by atoms with Gasteiger partial charge >= 0.3 is 0 Å². The molecule has 1 fully saturated rings. The number of aromatic nitrogens is 4. The van der Waals surface area contributed by atoms with Gasteiger partial charge in [0.05, 0.1) is 12.4 Å². The third-order valence-electron chi connectivity index (χ3n) is 3.62. The molecule has 2 aromatic heterocycles. The highest BCUT2D eigenvalue weighted by Gasteiger charge is 2.22. The van der Waals surface area contributed by atoms with Crippen molar-refractivity contribution in [1.29, 1.82) is 0 Å². The van der Waals surface area contributed by atoms with Crippen molar-refractivity contribution in [2.75, 3.05) is 37.0 Å². The SMILES string of the molecule is CCN(CC1CCCO1)c1nc(NC)nc2nc[nH]c12. The van der Waals surface area contributed by atoms with E-state index in [2.05, 4.69) is 37.1 Å². The number of nitrogens with one attached hydrogen (secondary N) is 2. The largest absolute Gasteiger partial charge is 0.376 e. The quantitative estimate of drug-likeness (QED) is 0.859. The summed E-state index contributed by atoms with van der Waals surface area (Å²) >= 11 is 0. The van der Waals surface area contributed by atoms with Gasteiger partial charge in [-0.2, -0.15) is 9.97 Å². The maximum absolute atomic E-state index is 5.73.